The topological polar surface area (TPSA) is 287 Å². The van der Waals surface area contributed by atoms with Crippen LogP contribution in [0.1, 0.15) is 64.3 Å². The first-order chi connectivity index (χ1) is 44.0. The highest BCUT2D eigenvalue weighted by Crippen LogP contribution is 2.57. The molecule has 6 aromatic carbocycles. The number of aromatic amines is 1. The summed E-state index contributed by atoms with van der Waals surface area (Å²) < 4.78 is 103. The number of ether oxygens (including phenoxy) is 5. The standard InChI is InChI=1S/C63H58Cl2N8O16P2/c1-40-35-72(62(76)71-60(40)74)55-33-51(53(84-55)36-81-63(42-13-8-5-9-14-42,43-15-23-47(79-2)24-16-43)44-17-25-48(80-3)26-18-44)89-91(78,87-50-29-21-46(65)22-30-50)83-37-54-52(88-90(77,82-32-10-31-66)86-49-27-19-45(64)20-28-49)34-56(85-54)73-39-69-57-58(67-38-68-59(57)73)70-61(75)41-11-6-4-7-12-41/h4-9,11-30,35,38-39,51-56H,10,32-34,36-37H2,1-3H3,(H,71,74,76)(H,67,68,70,75)/t51-,52-,53+,54+,55+,56+,90?,91?/m0/s1. The molecule has 2 unspecified atom stereocenters. The third kappa shape index (κ3) is 14.8. The Morgan fingerprint density at radius 2 is 1.20 bits per heavy atom. The maximum Gasteiger partial charge on any atom is 0.530 e. The SMILES string of the molecule is COc1ccc(C(OC[C@H]2O[C@@H](n3cc(C)c(=O)[nH]c3=O)C[C@@H]2OP(=O)(OC[C@H]2O[C@@H](n3cnc4c(NC(=O)c5ccccc5)ncnc43)C[C@@H]2OP(=O)(OCCC#N)Oc2ccc(Cl)cc2)Oc2ccc(Cl)cc2)(c2ccccc2)c2ccc(OC)cc2)cc1. The van der Waals surface area contributed by atoms with E-state index in [1.54, 1.807) is 68.8 Å². The van der Waals surface area contributed by atoms with Crippen LogP contribution in [0.5, 0.6) is 23.0 Å². The predicted molar refractivity (Wildman–Crippen MR) is 332 cm³/mol. The fourth-order valence-corrected chi connectivity index (χ4v) is 13.5. The number of anilines is 1. The van der Waals surface area contributed by atoms with Gasteiger partial charge in [-0.05, 0) is 109 Å². The van der Waals surface area contributed by atoms with Gasteiger partial charge in [-0.2, -0.15) is 5.26 Å². The zero-order valence-corrected chi connectivity index (χ0v) is 52.1. The van der Waals surface area contributed by atoms with Crippen molar-refractivity contribution in [2.45, 2.75) is 68.7 Å². The van der Waals surface area contributed by atoms with E-state index in [2.05, 4.69) is 25.3 Å². The number of H-pyrrole nitrogens is 1. The lowest BCUT2D eigenvalue weighted by Gasteiger charge is -2.37. The number of benzene rings is 6. The average molecular weight is 1320 g/mol. The second-order valence-electron chi connectivity index (χ2n) is 20.7. The number of aromatic nitrogens is 6. The molecule has 91 heavy (non-hydrogen) atoms. The molecule has 0 bridgehead atoms. The number of methoxy groups -OCH3 is 2. The van der Waals surface area contributed by atoms with Crippen LogP contribution in [0.2, 0.25) is 10.0 Å². The number of fused-ring (bicyclic) bond motifs is 1. The highest BCUT2D eigenvalue weighted by atomic mass is 35.5. The normalized spacial score (nSPS) is 19.4. The molecular formula is C63H58Cl2N8O16P2. The predicted octanol–water partition coefficient (Wildman–Crippen LogP) is 11.9. The monoisotopic (exact) mass is 1310 g/mol. The van der Waals surface area contributed by atoms with Crippen molar-refractivity contribution in [2.24, 2.45) is 0 Å². The molecular weight excluding hydrogens is 1260 g/mol. The molecule has 2 saturated heterocycles. The van der Waals surface area contributed by atoms with Crippen LogP contribution < -0.4 is 35.1 Å². The zero-order chi connectivity index (χ0) is 63.7. The van der Waals surface area contributed by atoms with Crippen molar-refractivity contribution < 1.29 is 64.8 Å². The summed E-state index contributed by atoms with van der Waals surface area (Å²) in [6.07, 6.45) is -4.07. The molecule has 5 heterocycles. The zero-order valence-electron chi connectivity index (χ0n) is 48.8. The molecule has 24 nitrogen and oxygen atoms in total. The van der Waals surface area contributed by atoms with Crippen LogP contribution in [0.15, 0.2) is 186 Å². The third-order valence-corrected chi connectivity index (χ3v) is 18.2. The van der Waals surface area contributed by atoms with Crippen LogP contribution in [0.3, 0.4) is 0 Å². The maximum atomic E-state index is 16.0. The summed E-state index contributed by atoms with van der Waals surface area (Å²) in [4.78, 5) is 55.5. The summed E-state index contributed by atoms with van der Waals surface area (Å²) in [5.74, 6) is 0.809. The molecule has 0 spiro atoms. The first-order valence-electron chi connectivity index (χ1n) is 28.3. The number of amides is 1. The molecule has 1 amide bonds. The Hall–Kier alpha value is -8.53. The third-order valence-electron chi connectivity index (χ3n) is 14.8. The summed E-state index contributed by atoms with van der Waals surface area (Å²) in [5, 5.41) is 12.9. The van der Waals surface area contributed by atoms with E-state index in [9.17, 15) is 24.2 Å². The summed E-state index contributed by atoms with van der Waals surface area (Å²) in [6.45, 7) is 0.113. The number of nitriles is 1. The molecule has 0 aliphatic carbocycles. The fraction of sp³-hybridized carbons (Fsp3) is 0.254. The Labute approximate surface area is 530 Å². The number of carbonyl (C=O) groups is 1. The minimum atomic E-state index is -5.07. The van der Waals surface area contributed by atoms with E-state index in [1.807, 2.05) is 60.7 Å². The molecule has 11 rings (SSSR count). The Morgan fingerprint density at radius 3 is 1.76 bits per heavy atom. The van der Waals surface area contributed by atoms with Crippen LogP contribution in [0.4, 0.5) is 5.82 Å². The fourth-order valence-electron chi connectivity index (χ4n) is 10.4. The van der Waals surface area contributed by atoms with Crippen LogP contribution in [-0.2, 0) is 47.0 Å². The number of imidazole rings is 1. The molecule has 28 heteroatoms. The molecule has 0 radical (unpaired) electrons. The van der Waals surface area contributed by atoms with Gasteiger partial charge in [-0.1, -0.05) is 96.0 Å². The van der Waals surface area contributed by atoms with Gasteiger partial charge in [-0.3, -0.25) is 41.8 Å². The molecule has 0 saturated carbocycles. The largest absolute Gasteiger partial charge is 0.530 e. The molecule has 2 aliphatic heterocycles. The number of phosphoric ester groups is 2. The number of carbonyl (C=O) groups excluding carboxylic acids is 1. The summed E-state index contributed by atoms with van der Waals surface area (Å²) >= 11 is 12.5. The van der Waals surface area contributed by atoms with Gasteiger partial charge in [-0.15, -0.1) is 0 Å². The lowest BCUT2D eigenvalue weighted by atomic mass is 9.80. The number of halogens is 2. The molecule has 470 valence electrons. The van der Waals surface area contributed by atoms with Crippen molar-refractivity contribution in [1.82, 2.24) is 29.1 Å². The quantitative estimate of drug-likeness (QED) is 0.0289. The van der Waals surface area contributed by atoms with Gasteiger partial charge in [0, 0.05) is 40.2 Å². The minimum Gasteiger partial charge on any atom is -0.497 e. The van der Waals surface area contributed by atoms with E-state index in [-0.39, 0.29) is 66.5 Å². The van der Waals surface area contributed by atoms with Crippen LogP contribution >= 0.6 is 38.8 Å². The molecule has 3 aromatic heterocycles. The van der Waals surface area contributed by atoms with E-state index in [4.69, 9.17) is 74.0 Å². The first-order valence-corrected chi connectivity index (χ1v) is 32.0. The minimum absolute atomic E-state index is 0.0184. The molecule has 2 N–H and O–H groups in total. The number of nitrogens with zero attached hydrogens (tertiary/aromatic N) is 6. The van der Waals surface area contributed by atoms with Gasteiger partial charge in [0.1, 0.15) is 71.8 Å². The van der Waals surface area contributed by atoms with Crippen LogP contribution in [0, 0.1) is 18.3 Å². The van der Waals surface area contributed by atoms with Crippen molar-refractivity contribution in [3.8, 4) is 29.1 Å². The van der Waals surface area contributed by atoms with Crippen LogP contribution in [0.25, 0.3) is 11.2 Å². The van der Waals surface area contributed by atoms with Crippen molar-refractivity contribution >= 4 is 61.7 Å². The van der Waals surface area contributed by atoms with Gasteiger partial charge in [0.25, 0.3) is 11.5 Å². The van der Waals surface area contributed by atoms with E-state index in [0.717, 1.165) is 0 Å². The van der Waals surface area contributed by atoms with Crippen molar-refractivity contribution in [3.05, 3.63) is 235 Å². The lowest BCUT2D eigenvalue weighted by Crippen LogP contribution is -2.38. The second kappa shape index (κ2) is 28.3. The average Bonchev–Trinajstić information content (AvgIpc) is 1.60. The van der Waals surface area contributed by atoms with Gasteiger partial charge in [0.05, 0.1) is 52.9 Å². The molecule has 2 fully saturated rings. The Morgan fingerprint density at radius 1 is 0.681 bits per heavy atom. The van der Waals surface area contributed by atoms with E-state index < -0.39 is 81.9 Å². The van der Waals surface area contributed by atoms with Crippen molar-refractivity contribution in [1.29, 1.82) is 5.26 Å². The van der Waals surface area contributed by atoms with E-state index >= 15 is 4.57 Å². The number of nitrogens with one attached hydrogen (secondary N) is 2. The van der Waals surface area contributed by atoms with E-state index in [1.165, 1.54) is 83.4 Å². The van der Waals surface area contributed by atoms with Gasteiger partial charge in [0.2, 0.25) is 0 Å². The number of phosphoric acid groups is 2. The lowest BCUT2D eigenvalue weighted by molar-refractivity contribution is -0.0949. The smallest absolute Gasteiger partial charge is 0.497 e. The maximum absolute atomic E-state index is 16.0. The summed E-state index contributed by atoms with van der Waals surface area (Å²) in [5.41, 5.74) is 0.144. The summed E-state index contributed by atoms with van der Waals surface area (Å²) in [6, 6.07) is 46.3. The van der Waals surface area contributed by atoms with Crippen LogP contribution in [-0.4, -0.2) is 93.4 Å². The first kappa shape index (κ1) is 64.0. The number of hydrogen-bond acceptors (Lipinski definition) is 20. The Kier molecular flexibility index (Phi) is 19.9. The molecule has 8 atom stereocenters. The highest BCUT2D eigenvalue weighted by Gasteiger charge is 2.50. The van der Waals surface area contributed by atoms with Gasteiger partial charge >= 0.3 is 21.3 Å². The van der Waals surface area contributed by atoms with Gasteiger partial charge in [0.15, 0.2) is 17.0 Å². The Bertz CT molecular complexity index is 4210. The molecule has 9 aromatic rings. The second-order valence-corrected chi connectivity index (χ2v) is 24.7. The number of hydrogen-bond donors (Lipinski definition) is 2. The number of rotatable bonds is 26. The van der Waals surface area contributed by atoms with Crippen molar-refractivity contribution in [2.75, 3.05) is 39.4 Å². The Balaban J connectivity index is 0.962. The van der Waals surface area contributed by atoms with Gasteiger partial charge < -0.3 is 38.0 Å². The number of aryl methyl sites for hydroxylation is 1. The van der Waals surface area contributed by atoms with E-state index in [0.29, 0.717) is 43.8 Å². The highest BCUT2D eigenvalue weighted by molar-refractivity contribution is 7.49. The molecule has 2 aliphatic rings. The summed E-state index contributed by atoms with van der Waals surface area (Å²) in [7, 11) is -6.69. The van der Waals surface area contributed by atoms with Crippen molar-refractivity contribution in [3.63, 3.8) is 0 Å². The van der Waals surface area contributed by atoms with Gasteiger partial charge in [-0.25, -0.2) is 28.9 Å².